The molecule has 3 aromatic rings. The number of ether oxygens (including phenoxy) is 2. The fraction of sp³-hybridized carbons (Fsp3) is 0.174. The molecule has 4 rings (SSSR count). The number of Topliss-reactive ketones (excluding diaryl/α,β-unsaturated/α-hetero) is 1. The molecule has 1 aliphatic heterocycles. The number of hydrogen-bond acceptors (Lipinski definition) is 4. The van der Waals surface area contributed by atoms with Crippen molar-refractivity contribution in [2.24, 2.45) is 5.92 Å². The molecule has 0 spiro atoms. The van der Waals surface area contributed by atoms with Crippen LogP contribution in [-0.2, 0) is 4.57 Å². The van der Waals surface area contributed by atoms with Crippen LogP contribution < -0.4 is 20.1 Å². The first-order chi connectivity index (χ1) is 13.6. The fourth-order valence-electron chi connectivity index (χ4n) is 3.64. The average molecular weight is 392 g/mol. The minimum atomic E-state index is -2.99. The number of benzene rings is 3. The predicted molar refractivity (Wildman–Crippen MR) is 111 cm³/mol. The number of fused-ring (bicyclic) bond motifs is 1. The molecular formula is C23H21O4P. The Balaban J connectivity index is 1.73. The summed E-state index contributed by atoms with van der Waals surface area (Å²) in [6.07, 6.45) is 0.233. The van der Waals surface area contributed by atoms with Crippen molar-refractivity contribution in [3.63, 3.8) is 0 Å². The molecule has 0 amide bonds. The lowest BCUT2D eigenvalue weighted by Gasteiger charge is -2.29. The third kappa shape index (κ3) is 3.25. The van der Waals surface area contributed by atoms with Crippen LogP contribution in [0.15, 0.2) is 78.9 Å². The fourth-order valence-corrected chi connectivity index (χ4v) is 6.56. The molecule has 142 valence electrons. The van der Waals surface area contributed by atoms with Crippen molar-refractivity contribution in [1.82, 2.24) is 0 Å². The molecule has 0 N–H and O–H groups in total. The van der Waals surface area contributed by atoms with Crippen molar-refractivity contribution >= 4 is 23.5 Å². The number of para-hydroxylation sites is 1. The number of ketones is 1. The van der Waals surface area contributed by atoms with Gasteiger partial charge in [-0.2, -0.15) is 0 Å². The highest BCUT2D eigenvalue weighted by molar-refractivity contribution is 7.78. The van der Waals surface area contributed by atoms with E-state index in [1.165, 1.54) is 0 Å². The van der Waals surface area contributed by atoms with E-state index in [1.54, 1.807) is 25.3 Å². The largest absolute Gasteiger partial charge is 0.493 e. The second-order valence-electron chi connectivity index (χ2n) is 6.80. The van der Waals surface area contributed by atoms with E-state index in [2.05, 4.69) is 0 Å². The molecule has 0 fully saturated rings. The van der Waals surface area contributed by atoms with Crippen LogP contribution in [0.3, 0.4) is 0 Å². The molecule has 3 aromatic carbocycles. The zero-order valence-electron chi connectivity index (χ0n) is 15.6. The van der Waals surface area contributed by atoms with Gasteiger partial charge in [0.25, 0.3) is 0 Å². The summed E-state index contributed by atoms with van der Waals surface area (Å²) in [5, 5.41) is 1.51. The Morgan fingerprint density at radius 3 is 2.11 bits per heavy atom. The number of rotatable bonds is 5. The second kappa shape index (κ2) is 7.65. The van der Waals surface area contributed by atoms with E-state index in [4.69, 9.17) is 9.47 Å². The van der Waals surface area contributed by atoms with E-state index in [9.17, 15) is 9.36 Å². The Morgan fingerprint density at radius 1 is 0.929 bits per heavy atom. The topological polar surface area (TPSA) is 52.6 Å². The summed E-state index contributed by atoms with van der Waals surface area (Å²) >= 11 is 0. The predicted octanol–water partition coefficient (Wildman–Crippen LogP) is 3.90. The number of methoxy groups -OCH3 is 1. The summed E-state index contributed by atoms with van der Waals surface area (Å²) < 4.78 is 25.4. The molecule has 1 atom stereocenters. The van der Waals surface area contributed by atoms with Crippen molar-refractivity contribution in [1.29, 1.82) is 0 Å². The van der Waals surface area contributed by atoms with E-state index in [-0.39, 0.29) is 18.6 Å². The average Bonchev–Trinajstić information content (AvgIpc) is 2.76. The van der Waals surface area contributed by atoms with E-state index in [0.717, 1.165) is 10.6 Å². The van der Waals surface area contributed by atoms with E-state index in [1.807, 2.05) is 60.7 Å². The first-order valence-electron chi connectivity index (χ1n) is 9.18. The highest BCUT2D eigenvalue weighted by Gasteiger charge is 2.38. The number of carbonyl (C=O) groups is 1. The van der Waals surface area contributed by atoms with Crippen LogP contribution in [0.5, 0.6) is 11.5 Å². The van der Waals surface area contributed by atoms with E-state index < -0.39 is 13.1 Å². The molecule has 0 unspecified atom stereocenters. The lowest BCUT2D eigenvalue weighted by atomic mass is 9.96. The van der Waals surface area contributed by atoms with Crippen LogP contribution in [0.25, 0.3) is 0 Å². The SMILES string of the molecule is COc1cccc2c1OC[C@@H](CP(=O)(c1ccccc1)c1ccccc1)C2=O. The molecule has 1 aliphatic rings. The molecule has 0 saturated heterocycles. The van der Waals surface area contributed by atoms with Crippen molar-refractivity contribution in [2.75, 3.05) is 19.9 Å². The van der Waals surface area contributed by atoms with Crippen LogP contribution in [0.2, 0.25) is 0 Å². The zero-order chi connectivity index (χ0) is 19.6. The smallest absolute Gasteiger partial charge is 0.173 e. The maximum atomic E-state index is 14.2. The van der Waals surface area contributed by atoms with Crippen molar-refractivity contribution in [3.8, 4) is 11.5 Å². The van der Waals surface area contributed by atoms with Crippen LogP contribution in [-0.4, -0.2) is 25.7 Å². The van der Waals surface area contributed by atoms with Gasteiger partial charge in [-0.1, -0.05) is 66.7 Å². The van der Waals surface area contributed by atoms with Crippen LogP contribution in [0.1, 0.15) is 10.4 Å². The Hall–Kier alpha value is -2.84. The van der Waals surface area contributed by atoms with Gasteiger partial charge >= 0.3 is 0 Å². The number of carbonyl (C=O) groups excluding carboxylic acids is 1. The molecule has 0 aromatic heterocycles. The quantitative estimate of drug-likeness (QED) is 0.618. The maximum Gasteiger partial charge on any atom is 0.173 e. The van der Waals surface area contributed by atoms with Gasteiger partial charge in [0.1, 0.15) is 7.14 Å². The minimum Gasteiger partial charge on any atom is -0.493 e. The molecule has 0 saturated carbocycles. The summed E-state index contributed by atoms with van der Waals surface area (Å²) in [6, 6.07) is 24.1. The van der Waals surface area contributed by atoms with Crippen molar-refractivity contribution in [2.45, 2.75) is 0 Å². The van der Waals surface area contributed by atoms with Gasteiger partial charge in [-0.3, -0.25) is 4.79 Å². The lowest BCUT2D eigenvalue weighted by molar-refractivity contribution is 0.0847. The Labute approximate surface area is 164 Å². The van der Waals surface area contributed by atoms with Gasteiger partial charge in [0, 0.05) is 16.8 Å². The third-order valence-corrected chi connectivity index (χ3v) is 8.31. The molecular weight excluding hydrogens is 371 g/mol. The second-order valence-corrected chi connectivity index (χ2v) is 9.68. The molecule has 0 bridgehead atoms. The summed E-state index contributed by atoms with van der Waals surface area (Å²) in [5.74, 6) is 0.484. The monoisotopic (exact) mass is 392 g/mol. The normalized spacial score (nSPS) is 16.2. The van der Waals surface area contributed by atoms with E-state index >= 15 is 0 Å². The first kappa shape index (κ1) is 18.5. The van der Waals surface area contributed by atoms with Gasteiger partial charge in [0.05, 0.1) is 25.2 Å². The highest BCUT2D eigenvalue weighted by Crippen LogP contribution is 2.47. The summed E-state index contributed by atoms with van der Waals surface area (Å²) in [5.41, 5.74) is 0.489. The molecule has 5 heteroatoms. The Morgan fingerprint density at radius 2 is 1.54 bits per heavy atom. The van der Waals surface area contributed by atoms with Crippen LogP contribution >= 0.6 is 7.14 Å². The van der Waals surface area contributed by atoms with Gasteiger partial charge in [-0.15, -0.1) is 0 Å². The first-order valence-corrected chi connectivity index (χ1v) is 11.1. The van der Waals surface area contributed by atoms with Crippen LogP contribution in [0, 0.1) is 5.92 Å². The standard InChI is InChI=1S/C23H21O4P/c1-26-21-14-8-13-20-22(24)17(15-27-23(20)21)16-28(25,18-9-4-2-5-10-18)19-11-6-3-7-12-19/h2-14,17H,15-16H2,1H3/t17-/m0/s1. The number of hydrogen-bond donors (Lipinski definition) is 0. The van der Waals surface area contributed by atoms with Gasteiger partial charge in [-0.25, -0.2) is 0 Å². The molecule has 28 heavy (non-hydrogen) atoms. The van der Waals surface area contributed by atoms with Crippen molar-refractivity contribution < 1.29 is 18.8 Å². The van der Waals surface area contributed by atoms with Crippen LogP contribution in [0.4, 0.5) is 0 Å². The molecule has 1 heterocycles. The Bertz CT molecular complexity index is 987. The molecule has 4 nitrogen and oxygen atoms in total. The minimum absolute atomic E-state index is 0.0489. The van der Waals surface area contributed by atoms with Gasteiger partial charge in [0.15, 0.2) is 17.3 Å². The van der Waals surface area contributed by atoms with Gasteiger partial charge < -0.3 is 14.0 Å². The van der Waals surface area contributed by atoms with E-state index in [0.29, 0.717) is 17.1 Å². The summed E-state index contributed by atoms with van der Waals surface area (Å²) in [4.78, 5) is 13.2. The third-order valence-electron chi connectivity index (χ3n) is 5.09. The molecule has 0 radical (unpaired) electrons. The summed E-state index contributed by atoms with van der Waals surface area (Å²) in [7, 11) is -1.44. The zero-order valence-corrected chi connectivity index (χ0v) is 16.5. The Kier molecular flexibility index (Phi) is 5.06. The van der Waals surface area contributed by atoms with Crippen molar-refractivity contribution in [3.05, 3.63) is 84.4 Å². The lowest BCUT2D eigenvalue weighted by Crippen LogP contribution is -2.34. The maximum absolute atomic E-state index is 14.2. The van der Waals surface area contributed by atoms with Gasteiger partial charge in [-0.05, 0) is 12.1 Å². The highest BCUT2D eigenvalue weighted by atomic mass is 31.2. The molecule has 0 aliphatic carbocycles. The van der Waals surface area contributed by atoms with Gasteiger partial charge in [0.2, 0.25) is 0 Å². The summed E-state index contributed by atoms with van der Waals surface area (Å²) in [6.45, 7) is 0.190.